The lowest BCUT2D eigenvalue weighted by Gasteiger charge is -2.29. The molecule has 0 aliphatic heterocycles. The van der Waals surface area contributed by atoms with Crippen LogP contribution in [0.2, 0.25) is 0 Å². The van der Waals surface area contributed by atoms with Crippen LogP contribution in [0.5, 0.6) is 0 Å². The van der Waals surface area contributed by atoms with Gasteiger partial charge in [-0.25, -0.2) is 9.97 Å². The summed E-state index contributed by atoms with van der Waals surface area (Å²) < 4.78 is 44.5. The van der Waals surface area contributed by atoms with Gasteiger partial charge in [-0.1, -0.05) is 12.5 Å². The summed E-state index contributed by atoms with van der Waals surface area (Å²) in [7, 11) is 1.68. The number of alkyl halides is 3. The molecule has 0 spiro atoms. The van der Waals surface area contributed by atoms with Crippen LogP contribution in [0.15, 0.2) is 36.8 Å². The fourth-order valence-electron chi connectivity index (χ4n) is 4.47. The van der Waals surface area contributed by atoms with E-state index >= 15 is 0 Å². The Hall–Kier alpha value is -3.50. The number of anilines is 1. The largest absolute Gasteiger partial charge is 0.419 e. The van der Waals surface area contributed by atoms with Crippen LogP contribution in [0.1, 0.15) is 48.7 Å². The minimum atomic E-state index is -4.57. The highest BCUT2D eigenvalue weighted by atomic mass is 19.4. The molecule has 5 rings (SSSR count). The summed E-state index contributed by atoms with van der Waals surface area (Å²) in [5.41, 5.74) is 0.695. The summed E-state index contributed by atoms with van der Waals surface area (Å²) >= 11 is 0. The van der Waals surface area contributed by atoms with Gasteiger partial charge in [-0.2, -0.15) is 18.3 Å². The average Bonchev–Trinajstić information content (AvgIpc) is 3.37. The second-order valence-electron chi connectivity index (χ2n) is 8.41. The Morgan fingerprint density at radius 1 is 1.12 bits per heavy atom. The van der Waals surface area contributed by atoms with Crippen molar-refractivity contribution in [2.24, 2.45) is 7.05 Å². The van der Waals surface area contributed by atoms with Crippen LogP contribution in [0.25, 0.3) is 16.9 Å². The van der Waals surface area contributed by atoms with Gasteiger partial charge in [0.25, 0.3) is 0 Å². The second-order valence-corrected chi connectivity index (χ2v) is 8.41. The topological polar surface area (TPSA) is 85.8 Å². The highest BCUT2D eigenvalue weighted by molar-refractivity contribution is 5.66. The molecule has 8 nitrogen and oxygen atoms in total. The van der Waals surface area contributed by atoms with Crippen molar-refractivity contribution < 1.29 is 13.2 Å². The van der Waals surface area contributed by atoms with E-state index in [1.807, 2.05) is 28.8 Å². The monoisotopic (exact) mass is 456 g/mol. The zero-order valence-corrected chi connectivity index (χ0v) is 18.2. The first-order chi connectivity index (χ1) is 15.8. The first-order valence-corrected chi connectivity index (χ1v) is 10.8. The van der Waals surface area contributed by atoms with E-state index in [4.69, 9.17) is 0 Å². The molecule has 0 saturated heterocycles. The first-order valence-electron chi connectivity index (χ1n) is 10.8. The third-order valence-electron chi connectivity index (χ3n) is 6.30. The maximum absolute atomic E-state index is 13.7. The average molecular weight is 456 g/mol. The molecule has 1 N–H and O–H groups in total. The van der Waals surface area contributed by atoms with E-state index in [0.717, 1.165) is 43.4 Å². The molecule has 2 atom stereocenters. The minimum absolute atomic E-state index is 0.0133. The summed E-state index contributed by atoms with van der Waals surface area (Å²) in [6, 6.07) is 5.78. The second kappa shape index (κ2) is 8.13. The van der Waals surface area contributed by atoms with Crippen molar-refractivity contribution in [3.05, 3.63) is 53.9 Å². The van der Waals surface area contributed by atoms with Crippen molar-refractivity contribution in [3.8, 4) is 11.3 Å². The van der Waals surface area contributed by atoms with Gasteiger partial charge < -0.3 is 5.32 Å². The molecule has 0 amide bonds. The van der Waals surface area contributed by atoms with Gasteiger partial charge >= 0.3 is 6.18 Å². The Balaban J connectivity index is 1.42. The van der Waals surface area contributed by atoms with Gasteiger partial charge in [0.05, 0.1) is 11.9 Å². The molecular weight excluding hydrogens is 433 g/mol. The zero-order valence-electron chi connectivity index (χ0n) is 18.2. The van der Waals surface area contributed by atoms with Crippen LogP contribution in [0.3, 0.4) is 0 Å². The Labute approximate surface area is 187 Å². The molecule has 4 aromatic rings. The highest BCUT2D eigenvalue weighted by Crippen LogP contribution is 2.38. The molecule has 1 fully saturated rings. The van der Waals surface area contributed by atoms with Crippen LogP contribution in [-0.4, -0.2) is 40.4 Å². The van der Waals surface area contributed by atoms with Crippen molar-refractivity contribution in [2.75, 3.05) is 5.32 Å². The van der Waals surface area contributed by atoms with E-state index in [2.05, 4.69) is 30.6 Å². The first kappa shape index (κ1) is 21.4. The number of fused-ring (bicyclic) bond motifs is 1. The Bertz CT molecular complexity index is 1290. The fourth-order valence-corrected chi connectivity index (χ4v) is 4.47. The van der Waals surface area contributed by atoms with Crippen LogP contribution >= 0.6 is 0 Å². The molecule has 4 heterocycles. The molecule has 0 aromatic carbocycles. The molecule has 0 bridgehead atoms. The number of pyridine rings is 1. The third-order valence-corrected chi connectivity index (χ3v) is 6.30. The predicted octanol–water partition coefficient (Wildman–Crippen LogP) is 4.39. The molecular formula is C22H23F3N8. The lowest BCUT2D eigenvalue weighted by atomic mass is 9.85. The molecule has 0 unspecified atom stereocenters. The van der Waals surface area contributed by atoms with Gasteiger partial charge in [0, 0.05) is 42.7 Å². The van der Waals surface area contributed by atoms with Gasteiger partial charge in [-0.15, -0.1) is 10.2 Å². The summed E-state index contributed by atoms with van der Waals surface area (Å²) in [5.74, 6) is 1.26. The molecule has 1 aliphatic carbocycles. The molecule has 172 valence electrons. The van der Waals surface area contributed by atoms with Gasteiger partial charge in [-0.05, 0) is 38.3 Å². The zero-order chi connectivity index (χ0) is 23.2. The molecule has 1 aliphatic rings. The van der Waals surface area contributed by atoms with E-state index in [0.29, 0.717) is 11.3 Å². The number of halogens is 3. The highest BCUT2D eigenvalue weighted by Gasteiger charge is 2.36. The number of hydrogen-bond donors (Lipinski definition) is 1. The molecule has 11 heteroatoms. The van der Waals surface area contributed by atoms with Gasteiger partial charge in [0.15, 0.2) is 5.65 Å². The Kier molecular flexibility index (Phi) is 5.26. The van der Waals surface area contributed by atoms with Gasteiger partial charge in [0.2, 0.25) is 5.95 Å². The minimum Gasteiger partial charge on any atom is -0.351 e. The van der Waals surface area contributed by atoms with E-state index < -0.39 is 11.7 Å². The van der Waals surface area contributed by atoms with Crippen molar-refractivity contribution in [1.29, 1.82) is 0 Å². The maximum Gasteiger partial charge on any atom is 0.419 e. The number of aryl methyl sites for hydroxylation is 1. The Morgan fingerprint density at radius 3 is 2.73 bits per heavy atom. The van der Waals surface area contributed by atoms with E-state index in [1.165, 1.54) is 10.9 Å². The number of nitrogens with zero attached hydrogens (tertiary/aromatic N) is 7. The normalized spacial score (nSPS) is 19.2. The predicted molar refractivity (Wildman–Crippen MR) is 116 cm³/mol. The van der Waals surface area contributed by atoms with E-state index in [-0.39, 0.29) is 23.6 Å². The summed E-state index contributed by atoms with van der Waals surface area (Å²) in [5, 5.41) is 16.0. The van der Waals surface area contributed by atoms with Gasteiger partial charge in [-0.3, -0.25) is 9.08 Å². The van der Waals surface area contributed by atoms with Crippen molar-refractivity contribution in [2.45, 2.75) is 50.7 Å². The third kappa shape index (κ3) is 4.03. The molecule has 1 saturated carbocycles. The molecule has 0 radical (unpaired) electrons. The molecule has 4 aromatic heterocycles. The van der Waals surface area contributed by atoms with Crippen LogP contribution in [0.4, 0.5) is 19.1 Å². The quantitative estimate of drug-likeness (QED) is 0.490. The number of aromatic nitrogens is 7. The van der Waals surface area contributed by atoms with Crippen molar-refractivity contribution in [3.63, 3.8) is 0 Å². The SMILES string of the molecule is Cc1c(-c2nc(N[C@@H]3CCC[C@H](c4nnc5ccccn45)C3)ncc2C(F)(F)F)cnn1C. The van der Waals surface area contributed by atoms with E-state index in [9.17, 15) is 13.2 Å². The Morgan fingerprint density at radius 2 is 1.97 bits per heavy atom. The standard InChI is InChI=1S/C22H23F3N8/c1-13-16(11-27-32(13)2)19-17(22(23,24)25)12-26-21(29-19)28-15-7-5-6-14(10-15)20-31-30-18-8-3-4-9-33(18)20/h3-4,8-9,11-12,14-15H,5-7,10H2,1-2H3,(H,26,28,29)/t14-,15+/m0/s1. The smallest absolute Gasteiger partial charge is 0.351 e. The van der Waals surface area contributed by atoms with Crippen LogP contribution in [-0.2, 0) is 13.2 Å². The van der Waals surface area contributed by atoms with E-state index in [1.54, 1.807) is 14.0 Å². The van der Waals surface area contributed by atoms with Crippen molar-refractivity contribution >= 4 is 11.6 Å². The number of hydrogen-bond acceptors (Lipinski definition) is 6. The lowest BCUT2D eigenvalue weighted by molar-refractivity contribution is -0.137. The summed E-state index contributed by atoms with van der Waals surface area (Å²) in [6.45, 7) is 1.71. The maximum atomic E-state index is 13.7. The number of nitrogens with one attached hydrogen (secondary N) is 1. The van der Waals surface area contributed by atoms with Gasteiger partial charge in [0.1, 0.15) is 11.4 Å². The summed E-state index contributed by atoms with van der Waals surface area (Å²) in [6.07, 6.45) is 3.21. The van der Waals surface area contributed by atoms with Crippen LogP contribution < -0.4 is 5.32 Å². The number of rotatable bonds is 4. The summed E-state index contributed by atoms with van der Waals surface area (Å²) in [4.78, 5) is 8.28. The molecule has 33 heavy (non-hydrogen) atoms. The van der Waals surface area contributed by atoms with Crippen molar-refractivity contribution in [1.82, 2.24) is 34.3 Å². The fraction of sp³-hybridized carbons (Fsp3) is 0.409. The lowest BCUT2D eigenvalue weighted by Crippen LogP contribution is -2.28. The van der Waals surface area contributed by atoms with Crippen LogP contribution in [0, 0.1) is 6.92 Å².